The van der Waals surface area contributed by atoms with Crippen molar-refractivity contribution in [2.24, 2.45) is 0 Å². The fourth-order valence-electron chi connectivity index (χ4n) is 2.80. The first-order valence-electron chi connectivity index (χ1n) is 6.51. The SMILES string of the molecule is Cc1cc2c(c3ccc(=O)[nH]c13)OC(CN(C)C)C2.Cl. The summed E-state index contributed by atoms with van der Waals surface area (Å²) in [5.41, 5.74) is 3.15. The van der Waals surface area contributed by atoms with Crippen molar-refractivity contribution in [3.63, 3.8) is 0 Å². The Balaban J connectivity index is 0.00000147. The van der Waals surface area contributed by atoms with E-state index in [0.29, 0.717) is 0 Å². The topological polar surface area (TPSA) is 45.3 Å². The second kappa shape index (κ2) is 5.46. The highest BCUT2D eigenvalue weighted by molar-refractivity contribution is 5.89. The minimum atomic E-state index is -0.0709. The highest BCUT2D eigenvalue weighted by Crippen LogP contribution is 2.37. The van der Waals surface area contributed by atoms with Gasteiger partial charge >= 0.3 is 0 Å². The van der Waals surface area contributed by atoms with Crippen LogP contribution in [0.1, 0.15) is 11.1 Å². The molecule has 20 heavy (non-hydrogen) atoms. The molecule has 0 fully saturated rings. The Morgan fingerprint density at radius 3 is 2.85 bits per heavy atom. The van der Waals surface area contributed by atoms with Gasteiger partial charge in [0.05, 0.1) is 5.52 Å². The predicted octanol–water partition coefficient (Wildman–Crippen LogP) is 2.12. The zero-order valence-electron chi connectivity index (χ0n) is 11.9. The Morgan fingerprint density at radius 1 is 1.40 bits per heavy atom. The summed E-state index contributed by atoms with van der Waals surface area (Å²) < 4.78 is 6.06. The molecule has 0 saturated carbocycles. The van der Waals surface area contributed by atoms with Crippen molar-refractivity contribution < 1.29 is 4.74 Å². The van der Waals surface area contributed by atoms with Crippen LogP contribution in [-0.2, 0) is 6.42 Å². The first-order valence-corrected chi connectivity index (χ1v) is 6.51. The Bertz CT molecular complexity index is 694. The third-order valence-corrected chi connectivity index (χ3v) is 3.54. The normalized spacial score (nSPS) is 16.9. The Hall–Kier alpha value is -1.52. The summed E-state index contributed by atoms with van der Waals surface area (Å²) in [6.07, 6.45) is 1.13. The van der Waals surface area contributed by atoms with Gasteiger partial charge in [-0.05, 0) is 38.2 Å². The van der Waals surface area contributed by atoms with Crippen LogP contribution < -0.4 is 10.3 Å². The summed E-state index contributed by atoms with van der Waals surface area (Å²) in [5, 5.41) is 1.01. The van der Waals surface area contributed by atoms with Gasteiger partial charge in [0.2, 0.25) is 5.56 Å². The molecule has 3 rings (SSSR count). The van der Waals surface area contributed by atoms with E-state index in [1.807, 2.05) is 27.1 Å². The van der Waals surface area contributed by atoms with Crippen LogP contribution in [0.5, 0.6) is 5.75 Å². The first kappa shape index (κ1) is 14.9. The lowest BCUT2D eigenvalue weighted by Gasteiger charge is -2.16. The molecule has 1 aliphatic rings. The lowest BCUT2D eigenvalue weighted by Crippen LogP contribution is -2.29. The molecule has 4 nitrogen and oxygen atoms in total. The number of aromatic amines is 1. The quantitative estimate of drug-likeness (QED) is 0.923. The summed E-state index contributed by atoms with van der Waals surface area (Å²) in [6.45, 7) is 2.93. The van der Waals surface area contributed by atoms with Crippen molar-refractivity contribution >= 4 is 23.3 Å². The molecular formula is C15H19ClN2O2. The molecule has 0 radical (unpaired) electrons. The van der Waals surface area contributed by atoms with Crippen molar-refractivity contribution in [1.29, 1.82) is 0 Å². The molecule has 0 bridgehead atoms. The number of benzene rings is 1. The number of nitrogens with zero attached hydrogens (tertiary/aromatic N) is 1. The van der Waals surface area contributed by atoms with E-state index in [0.717, 1.165) is 35.2 Å². The number of hydrogen-bond donors (Lipinski definition) is 1. The lowest BCUT2D eigenvalue weighted by molar-refractivity contribution is 0.186. The number of aryl methyl sites for hydroxylation is 1. The Kier molecular flexibility index (Phi) is 4.06. The van der Waals surface area contributed by atoms with Crippen LogP contribution in [0.15, 0.2) is 23.0 Å². The molecule has 2 aromatic rings. The monoisotopic (exact) mass is 294 g/mol. The molecule has 1 N–H and O–H groups in total. The van der Waals surface area contributed by atoms with Gasteiger partial charge in [0.25, 0.3) is 0 Å². The summed E-state index contributed by atoms with van der Waals surface area (Å²) >= 11 is 0. The maximum absolute atomic E-state index is 11.4. The molecule has 1 aromatic heterocycles. The number of ether oxygens (including phenoxy) is 1. The minimum Gasteiger partial charge on any atom is -0.488 e. The van der Waals surface area contributed by atoms with E-state index in [9.17, 15) is 4.79 Å². The molecule has 1 aromatic carbocycles. The minimum absolute atomic E-state index is 0. The molecule has 5 heteroatoms. The van der Waals surface area contributed by atoms with Crippen LogP contribution in [0, 0.1) is 6.92 Å². The van der Waals surface area contributed by atoms with Gasteiger partial charge in [-0.3, -0.25) is 4.79 Å². The molecule has 108 valence electrons. The van der Waals surface area contributed by atoms with Gasteiger partial charge in [0.1, 0.15) is 11.9 Å². The van der Waals surface area contributed by atoms with Crippen LogP contribution in [0.2, 0.25) is 0 Å². The zero-order valence-corrected chi connectivity index (χ0v) is 12.7. The first-order chi connectivity index (χ1) is 9.04. The second-order valence-corrected chi connectivity index (χ2v) is 5.50. The maximum Gasteiger partial charge on any atom is 0.248 e. The second-order valence-electron chi connectivity index (χ2n) is 5.50. The van der Waals surface area contributed by atoms with Crippen LogP contribution in [0.25, 0.3) is 10.9 Å². The predicted molar refractivity (Wildman–Crippen MR) is 83.2 cm³/mol. The Morgan fingerprint density at radius 2 is 2.15 bits per heavy atom. The van der Waals surface area contributed by atoms with Gasteiger partial charge in [-0.1, -0.05) is 6.07 Å². The number of fused-ring (bicyclic) bond motifs is 3. The van der Waals surface area contributed by atoms with E-state index >= 15 is 0 Å². The van der Waals surface area contributed by atoms with Crippen LogP contribution in [-0.4, -0.2) is 36.6 Å². The van der Waals surface area contributed by atoms with Crippen molar-refractivity contribution in [1.82, 2.24) is 9.88 Å². The van der Waals surface area contributed by atoms with Crippen molar-refractivity contribution in [2.75, 3.05) is 20.6 Å². The highest BCUT2D eigenvalue weighted by Gasteiger charge is 2.26. The molecule has 2 heterocycles. The van der Waals surface area contributed by atoms with Crippen LogP contribution in [0.4, 0.5) is 0 Å². The number of hydrogen-bond acceptors (Lipinski definition) is 3. The number of rotatable bonds is 2. The number of H-pyrrole nitrogens is 1. The molecule has 1 atom stereocenters. The van der Waals surface area contributed by atoms with Crippen molar-refractivity contribution in [3.8, 4) is 5.75 Å². The van der Waals surface area contributed by atoms with E-state index in [1.54, 1.807) is 6.07 Å². The number of pyridine rings is 1. The van der Waals surface area contributed by atoms with Crippen molar-refractivity contribution in [2.45, 2.75) is 19.4 Å². The third-order valence-electron chi connectivity index (χ3n) is 3.54. The molecule has 0 saturated heterocycles. The fraction of sp³-hybridized carbons (Fsp3) is 0.400. The lowest BCUT2D eigenvalue weighted by atomic mass is 10.0. The number of halogens is 1. The van der Waals surface area contributed by atoms with E-state index < -0.39 is 0 Å². The molecule has 0 amide bonds. The van der Waals surface area contributed by atoms with Gasteiger partial charge < -0.3 is 14.6 Å². The highest BCUT2D eigenvalue weighted by atomic mass is 35.5. The molecule has 0 spiro atoms. The van der Waals surface area contributed by atoms with Gasteiger partial charge in [-0.2, -0.15) is 0 Å². The number of likely N-dealkylation sites (N-methyl/N-ethyl adjacent to an activating group) is 1. The summed E-state index contributed by atoms with van der Waals surface area (Å²) in [7, 11) is 4.10. The molecule has 1 unspecified atom stereocenters. The zero-order chi connectivity index (χ0) is 13.6. The maximum atomic E-state index is 11.4. The van der Waals surface area contributed by atoms with Gasteiger partial charge in [-0.15, -0.1) is 12.4 Å². The molecule has 0 aliphatic carbocycles. The average molecular weight is 295 g/mol. The smallest absolute Gasteiger partial charge is 0.248 e. The number of aromatic nitrogens is 1. The van der Waals surface area contributed by atoms with Crippen LogP contribution >= 0.6 is 12.4 Å². The number of nitrogens with one attached hydrogen (secondary N) is 1. The van der Waals surface area contributed by atoms with E-state index in [2.05, 4.69) is 16.0 Å². The van der Waals surface area contributed by atoms with Gasteiger partial charge in [0, 0.05) is 24.4 Å². The Labute approximate surface area is 124 Å². The van der Waals surface area contributed by atoms with E-state index in [4.69, 9.17) is 4.74 Å². The summed E-state index contributed by atoms with van der Waals surface area (Å²) in [4.78, 5) is 16.5. The van der Waals surface area contributed by atoms with Gasteiger partial charge in [0.15, 0.2) is 0 Å². The third kappa shape index (κ3) is 2.53. The average Bonchev–Trinajstić information content (AvgIpc) is 2.70. The fourth-order valence-corrected chi connectivity index (χ4v) is 2.80. The molecular weight excluding hydrogens is 276 g/mol. The van der Waals surface area contributed by atoms with Gasteiger partial charge in [-0.25, -0.2) is 0 Å². The molecule has 1 aliphatic heterocycles. The standard InChI is InChI=1S/C15H18N2O2.ClH/c1-9-6-10-7-11(8-17(2)3)19-15(10)12-4-5-13(18)16-14(9)12;/h4-6,11H,7-8H2,1-3H3,(H,16,18);1H. The van der Waals surface area contributed by atoms with Crippen molar-refractivity contribution in [3.05, 3.63) is 39.7 Å². The van der Waals surface area contributed by atoms with E-state index in [1.165, 1.54) is 5.56 Å². The summed E-state index contributed by atoms with van der Waals surface area (Å²) in [6, 6.07) is 5.55. The summed E-state index contributed by atoms with van der Waals surface area (Å²) in [5.74, 6) is 0.934. The van der Waals surface area contributed by atoms with E-state index in [-0.39, 0.29) is 24.1 Å². The largest absolute Gasteiger partial charge is 0.488 e. The van der Waals surface area contributed by atoms with Crippen LogP contribution in [0.3, 0.4) is 0 Å².